The maximum absolute atomic E-state index is 8.36. The lowest BCUT2D eigenvalue weighted by molar-refractivity contribution is 0.522. The van der Waals surface area contributed by atoms with Gasteiger partial charge in [0.1, 0.15) is 5.82 Å². The zero-order valence-corrected chi connectivity index (χ0v) is 9.95. The second-order valence-electron chi connectivity index (χ2n) is 4.43. The number of benzene rings is 1. The summed E-state index contributed by atoms with van der Waals surface area (Å²) in [5.74, 6) is 1.18. The Balaban J connectivity index is 1.94. The van der Waals surface area contributed by atoms with E-state index in [0.717, 1.165) is 24.2 Å². The summed E-state index contributed by atoms with van der Waals surface area (Å²) in [5.41, 5.74) is 11.1. The fraction of sp³-hybridized carbons (Fsp3) is 0.308. The highest BCUT2D eigenvalue weighted by molar-refractivity contribution is 5.61. The van der Waals surface area contributed by atoms with Gasteiger partial charge < -0.3 is 4.57 Å². The molecule has 1 aliphatic rings. The maximum atomic E-state index is 8.36. The first-order chi connectivity index (χ1) is 8.86. The van der Waals surface area contributed by atoms with Crippen molar-refractivity contribution >= 4 is 5.69 Å². The van der Waals surface area contributed by atoms with E-state index in [-0.39, 0.29) is 0 Å². The molecule has 0 saturated heterocycles. The molecule has 1 aromatic carbocycles. The third-order valence-electron chi connectivity index (χ3n) is 3.23. The molecule has 2 heterocycles. The first-order valence-electron chi connectivity index (χ1n) is 6.08. The summed E-state index contributed by atoms with van der Waals surface area (Å²) in [4.78, 5) is 7.42. The number of hydrogen-bond acceptors (Lipinski definition) is 2. The highest BCUT2D eigenvalue weighted by Crippen LogP contribution is 2.24. The van der Waals surface area contributed by atoms with Crippen molar-refractivity contribution in [2.45, 2.75) is 25.8 Å². The van der Waals surface area contributed by atoms with E-state index < -0.39 is 0 Å². The second kappa shape index (κ2) is 4.55. The molecule has 2 aromatic rings. The van der Waals surface area contributed by atoms with Gasteiger partial charge in [0.25, 0.3) is 0 Å². The van der Waals surface area contributed by atoms with Crippen molar-refractivity contribution in [2.75, 3.05) is 0 Å². The summed E-state index contributed by atoms with van der Waals surface area (Å²) in [7, 11) is 0. The Morgan fingerprint density at radius 2 is 2.06 bits per heavy atom. The molecule has 18 heavy (non-hydrogen) atoms. The van der Waals surface area contributed by atoms with Crippen LogP contribution in [0.25, 0.3) is 21.7 Å². The standard InChI is InChI=1S/C13H13N5/c14-17-16-11-6-4-10(5-7-11)12-9-18-8-2-1-3-13(18)15-12/h4-7,9H,1-3,8H2. The summed E-state index contributed by atoms with van der Waals surface area (Å²) < 4.78 is 2.24. The van der Waals surface area contributed by atoms with Crippen LogP contribution in [-0.2, 0) is 13.0 Å². The molecule has 0 spiro atoms. The number of aromatic nitrogens is 2. The van der Waals surface area contributed by atoms with Gasteiger partial charge in [0.2, 0.25) is 0 Å². The monoisotopic (exact) mass is 239 g/mol. The molecule has 90 valence electrons. The normalized spacial score (nSPS) is 13.8. The average Bonchev–Trinajstić information content (AvgIpc) is 2.84. The van der Waals surface area contributed by atoms with Gasteiger partial charge in [0.05, 0.1) is 5.69 Å². The average molecular weight is 239 g/mol. The summed E-state index contributed by atoms with van der Waals surface area (Å²) in [6.45, 7) is 1.07. The molecular formula is C13H13N5. The van der Waals surface area contributed by atoms with Crippen LogP contribution in [0, 0.1) is 0 Å². The highest BCUT2D eigenvalue weighted by atomic mass is 15.1. The van der Waals surface area contributed by atoms with Crippen LogP contribution in [0.2, 0.25) is 0 Å². The van der Waals surface area contributed by atoms with Crippen LogP contribution in [-0.4, -0.2) is 9.55 Å². The molecule has 1 aromatic heterocycles. The van der Waals surface area contributed by atoms with Gasteiger partial charge in [-0.3, -0.25) is 0 Å². The number of hydrogen-bond donors (Lipinski definition) is 0. The minimum Gasteiger partial charge on any atom is -0.334 e. The van der Waals surface area contributed by atoms with Crippen LogP contribution in [0.15, 0.2) is 35.6 Å². The van der Waals surface area contributed by atoms with Crippen molar-refractivity contribution < 1.29 is 0 Å². The maximum Gasteiger partial charge on any atom is 0.109 e. The van der Waals surface area contributed by atoms with Crippen LogP contribution in [0.5, 0.6) is 0 Å². The van der Waals surface area contributed by atoms with E-state index in [2.05, 4.69) is 25.8 Å². The van der Waals surface area contributed by atoms with E-state index in [1.54, 1.807) is 0 Å². The molecular weight excluding hydrogens is 226 g/mol. The Morgan fingerprint density at radius 3 is 2.78 bits per heavy atom. The molecule has 0 saturated carbocycles. The number of azide groups is 1. The molecule has 0 bridgehead atoms. The van der Waals surface area contributed by atoms with Crippen molar-refractivity contribution in [1.82, 2.24) is 9.55 Å². The number of rotatable bonds is 2. The van der Waals surface area contributed by atoms with E-state index in [0.29, 0.717) is 5.69 Å². The van der Waals surface area contributed by atoms with Gasteiger partial charge in [-0.25, -0.2) is 4.98 Å². The molecule has 0 N–H and O–H groups in total. The Hall–Kier alpha value is -2.26. The van der Waals surface area contributed by atoms with Crippen molar-refractivity contribution in [3.8, 4) is 11.3 Å². The number of fused-ring (bicyclic) bond motifs is 1. The predicted molar refractivity (Wildman–Crippen MR) is 69.4 cm³/mol. The molecule has 5 nitrogen and oxygen atoms in total. The Kier molecular flexibility index (Phi) is 2.74. The summed E-state index contributed by atoms with van der Waals surface area (Å²) in [6.07, 6.45) is 5.64. The highest BCUT2D eigenvalue weighted by Gasteiger charge is 2.12. The Bertz CT molecular complexity index is 581. The van der Waals surface area contributed by atoms with Crippen molar-refractivity contribution in [3.05, 3.63) is 46.7 Å². The number of imidazole rings is 1. The van der Waals surface area contributed by atoms with E-state index in [1.165, 1.54) is 18.7 Å². The van der Waals surface area contributed by atoms with Gasteiger partial charge in [-0.1, -0.05) is 29.4 Å². The van der Waals surface area contributed by atoms with Crippen LogP contribution in [0.4, 0.5) is 5.69 Å². The summed E-state index contributed by atoms with van der Waals surface area (Å²) in [6, 6.07) is 7.51. The quantitative estimate of drug-likeness (QED) is 0.446. The SMILES string of the molecule is [N-]=[N+]=Nc1ccc(-c2cn3c(n2)CCCC3)cc1. The van der Waals surface area contributed by atoms with Crippen LogP contribution < -0.4 is 0 Å². The van der Waals surface area contributed by atoms with Crippen molar-refractivity contribution in [2.24, 2.45) is 5.11 Å². The Labute approximate surface area is 105 Å². The summed E-state index contributed by atoms with van der Waals surface area (Å²) in [5, 5.41) is 3.56. The minimum absolute atomic E-state index is 0.630. The van der Waals surface area contributed by atoms with Gasteiger partial charge in [-0.05, 0) is 18.4 Å². The summed E-state index contributed by atoms with van der Waals surface area (Å²) >= 11 is 0. The lowest BCUT2D eigenvalue weighted by Crippen LogP contribution is -2.08. The van der Waals surface area contributed by atoms with Gasteiger partial charge >= 0.3 is 0 Å². The molecule has 0 aliphatic carbocycles. The van der Waals surface area contributed by atoms with E-state index in [1.807, 2.05) is 24.3 Å². The zero-order valence-electron chi connectivity index (χ0n) is 9.95. The first kappa shape index (κ1) is 10.9. The molecule has 0 unspecified atom stereocenters. The fourth-order valence-corrected chi connectivity index (χ4v) is 2.30. The van der Waals surface area contributed by atoms with E-state index in [9.17, 15) is 0 Å². The number of nitrogens with zero attached hydrogens (tertiary/aromatic N) is 5. The fourth-order valence-electron chi connectivity index (χ4n) is 2.30. The van der Waals surface area contributed by atoms with Gasteiger partial charge in [-0.2, -0.15) is 0 Å². The van der Waals surface area contributed by atoms with Gasteiger partial charge in [-0.15, -0.1) is 0 Å². The molecule has 0 atom stereocenters. The Morgan fingerprint density at radius 1 is 1.22 bits per heavy atom. The molecule has 1 aliphatic heterocycles. The smallest absolute Gasteiger partial charge is 0.109 e. The van der Waals surface area contributed by atoms with Crippen LogP contribution in [0.1, 0.15) is 18.7 Å². The molecule has 5 heteroatoms. The van der Waals surface area contributed by atoms with Gasteiger partial charge in [0.15, 0.2) is 0 Å². The lowest BCUT2D eigenvalue weighted by Gasteiger charge is -2.11. The van der Waals surface area contributed by atoms with Gasteiger partial charge in [0, 0.05) is 35.3 Å². The molecule has 0 amide bonds. The molecule has 0 fully saturated rings. The molecule has 3 rings (SSSR count). The van der Waals surface area contributed by atoms with E-state index in [4.69, 9.17) is 5.53 Å². The number of aryl methyl sites for hydroxylation is 2. The second-order valence-corrected chi connectivity index (χ2v) is 4.43. The van der Waals surface area contributed by atoms with E-state index >= 15 is 0 Å². The lowest BCUT2D eigenvalue weighted by atomic mass is 10.1. The third kappa shape index (κ3) is 1.96. The predicted octanol–water partition coefficient (Wildman–Crippen LogP) is 3.83. The van der Waals surface area contributed by atoms with Crippen LogP contribution >= 0.6 is 0 Å². The topological polar surface area (TPSA) is 66.6 Å². The van der Waals surface area contributed by atoms with Crippen molar-refractivity contribution in [1.29, 1.82) is 0 Å². The largest absolute Gasteiger partial charge is 0.334 e. The first-order valence-corrected chi connectivity index (χ1v) is 6.08. The van der Waals surface area contributed by atoms with Crippen molar-refractivity contribution in [3.63, 3.8) is 0 Å². The third-order valence-corrected chi connectivity index (χ3v) is 3.23. The van der Waals surface area contributed by atoms with Crippen LogP contribution in [0.3, 0.4) is 0 Å². The minimum atomic E-state index is 0.630. The molecule has 0 radical (unpaired) electrons. The zero-order chi connectivity index (χ0) is 12.4.